The molecule has 1 fully saturated rings. The van der Waals surface area contributed by atoms with Gasteiger partial charge in [0.15, 0.2) is 17.6 Å². The third kappa shape index (κ3) is 4.43. The molecule has 0 saturated carbocycles. The van der Waals surface area contributed by atoms with Gasteiger partial charge in [-0.3, -0.25) is 10.1 Å². The van der Waals surface area contributed by atoms with Crippen LogP contribution in [0.5, 0.6) is 11.5 Å². The summed E-state index contributed by atoms with van der Waals surface area (Å²) in [6, 6.07) is 11.2. The third-order valence-corrected chi connectivity index (χ3v) is 7.13. The fourth-order valence-corrected chi connectivity index (χ4v) is 5.29. The van der Waals surface area contributed by atoms with Crippen LogP contribution < -0.4 is 14.4 Å². The molecule has 1 unspecified atom stereocenters. The molecule has 2 aromatic carbocycles. The normalized spacial score (nSPS) is 19.1. The van der Waals surface area contributed by atoms with Crippen LogP contribution in [-0.4, -0.2) is 70.3 Å². The van der Waals surface area contributed by atoms with E-state index in [1.54, 1.807) is 11.9 Å². The van der Waals surface area contributed by atoms with E-state index < -0.39 is 14.9 Å². The number of hydrogen-bond acceptors (Lipinski definition) is 8. The number of benzene rings is 2. The molecule has 31 heavy (non-hydrogen) atoms. The monoisotopic (exact) mass is 449 g/mol. The number of non-ortho nitro benzene ring substituents is 1. The van der Waals surface area contributed by atoms with Gasteiger partial charge in [-0.15, -0.1) is 0 Å². The zero-order valence-electron chi connectivity index (χ0n) is 17.0. The van der Waals surface area contributed by atoms with E-state index in [2.05, 4.69) is 0 Å². The van der Waals surface area contributed by atoms with Gasteiger partial charge in [0, 0.05) is 32.3 Å². The first-order chi connectivity index (χ1) is 14.9. The molecule has 11 heteroatoms. The Morgan fingerprint density at radius 2 is 1.87 bits per heavy atom. The Labute approximate surface area is 180 Å². The molecule has 0 amide bonds. The van der Waals surface area contributed by atoms with Crippen LogP contribution in [0.1, 0.15) is 0 Å². The highest BCUT2D eigenvalue weighted by Crippen LogP contribution is 2.34. The van der Waals surface area contributed by atoms with Crippen molar-refractivity contribution in [2.75, 3.05) is 51.4 Å². The molecule has 2 aliphatic rings. The Bertz CT molecular complexity index is 1070. The van der Waals surface area contributed by atoms with Crippen molar-refractivity contribution in [3.05, 3.63) is 52.6 Å². The lowest BCUT2D eigenvalue weighted by Crippen LogP contribution is -2.42. The van der Waals surface area contributed by atoms with E-state index in [9.17, 15) is 18.5 Å². The van der Waals surface area contributed by atoms with Crippen molar-refractivity contribution in [3.8, 4) is 11.5 Å². The summed E-state index contributed by atoms with van der Waals surface area (Å²) in [6.07, 6.45) is -0.339. The lowest BCUT2D eigenvalue weighted by Gasteiger charge is -2.32. The van der Waals surface area contributed by atoms with Crippen LogP contribution in [0.2, 0.25) is 0 Å². The second-order valence-electron chi connectivity index (χ2n) is 7.30. The van der Waals surface area contributed by atoms with E-state index >= 15 is 0 Å². The van der Waals surface area contributed by atoms with Crippen LogP contribution in [0.3, 0.4) is 0 Å². The second kappa shape index (κ2) is 8.69. The molecule has 0 radical (unpaired) electrons. The van der Waals surface area contributed by atoms with Crippen molar-refractivity contribution < 1.29 is 27.6 Å². The summed E-state index contributed by atoms with van der Waals surface area (Å²) in [6.45, 7) is 1.60. The summed E-state index contributed by atoms with van der Waals surface area (Å²) in [5.41, 5.74) is 0.0784. The van der Waals surface area contributed by atoms with Gasteiger partial charge in [-0.05, 0) is 18.2 Å². The van der Waals surface area contributed by atoms with Gasteiger partial charge in [0.25, 0.3) is 5.69 Å². The zero-order chi connectivity index (χ0) is 22.0. The first kappa shape index (κ1) is 21.3. The molecule has 0 N–H and O–H groups in total. The molecule has 0 aromatic heterocycles. The van der Waals surface area contributed by atoms with Gasteiger partial charge in [-0.25, -0.2) is 8.42 Å². The lowest BCUT2D eigenvalue weighted by molar-refractivity contribution is -0.385. The fraction of sp³-hybridized carbons (Fsp3) is 0.400. The molecular weight excluding hydrogens is 426 g/mol. The topological polar surface area (TPSA) is 111 Å². The van der Waals surface area contributed by atoms with Crippen LogP contribution in [0.15, 0.2) is 47.4 Å². The number of likely N-dealkylation sites (N-methyl/N-ethyl adjacent to an activating group) is 1. The van der Waals surface area contributed by atoms with Gasteiger partial charge in [0.05, 0.1) is 30.4 Å². The number of fused-ring (bicyclic) bond motifs is 1. The number of nitrogens with zero attached hydrogens (tertiary/aromatic N) is 3. The van der Waals surface area contributed by atoms with Gasteiger partial charge in [0.1, 0.15) is 11.5 Å². The number of nitro benzene ring substituents is 1. The highest BCUT2D eigenvalue weighted by Gasteiger charge is 2.32. The number of ether oxygens (including phenoxy) is 3. The van der Waals surface area contributed by atoms with Crippen molar-refractivity contribution >= 4 is 21.4 Å². The summed E-state index contributed by atoms with van der Waals surface area (Å²) in [5, 5.41) is 11.3. The molecule has 2 aromatic rings. The molecule has 0 bridgehead atoms. The van der Waals surface area contributed by atoms with Gasteiger partial charge in [-0.2, -0.15) is 4.31 Å². The number of nitro groups is 1. The number of sulfonamides is 1. The van der Waals surface area contributed by atoms with Crippen LogP contribution in [0.25, 0.3) is 0 Å². The van der Waals surface area contributed by atoms with E-state index in [0.29, 0.717) is 30.3 Å². The van der Waals surface area contributed by atoms with E-state index in [4.69, 9.17) is 14.2 Å². The largest absolute Gasteiger partial charge is 0.486 e. The average molecular weight is 449 g/mol. The van der Waals surface area contributed by atoms with Crippen molar-refractivity contribution in [2.24, 2.45) is 0 Å². The minimum atomic E-state index is -3.95. The van der Waals surface area contributed by atoms with Crippen LogP contribution >= 0.6 is 0 Å². The lowest BCUT2D eigenvalue weighted by atomic mass is 10.2. The average Bonchev–Trinajstić information content (AvgIpc) is 2.79. The number of anilines is 1. The predicted molar refractivity (Wildman–Crippen MR) is 112 cm³/mol. The second-order valence-corrected chi connectivity index (χ2v) is 9.21. The van der Waals surface area contributed by atoms with Crippen LogP contribution in [0.4, 0.5) is 11.4 Å². The maximum absolute atomic E-state index is 13.3. The summed E-state index contributed by atoms with van der Waals surface area (Å²) in [7, 11) is -2.22. The molecule has 0 spiro atoms. The maximum Gasteiger partial charge on any atom is 0.270 e. The predicted octanol–water partition coefficient (Wildman–Crippen LogP) is 1.89. The Balaban J connectivity index is 1.62. The van der Waals surface area contributed by atoms with Crippen molar-refractivity contribution in [1.82, 2.24) is 4.31 Å². The first-order valence-corrected chi connectivity index (χ1v) is 11.3. The maximum atomic E-state index is 13.3. The van der Waals surface area contributed by atoms with Crippen LogP contribution in [0, 0.1) is 10.1 Å². The van der Waals surface area contributed by atoms with Gasteiger partial charge in [-0.1, -0.05) is 12.1 Å². The van der Waals surface area contributed by atoms with Gasteiger partial charge < -0.3 is 19.1 Å². The van der Waals surface area contributed by atoms with E-state index in [1.807, 2.05) is 24.3 Å². The highest BCUT2D eigenvalue weighted by atomic mass is 32.2. The summed E-state index contributed by atoms with van der Waals surface area (Å²) in [4.78, 5) is 12.3. The van der Waals surface area contributed by atoms with Crippen molar-refractivity contribution in [1.29, 1.82) is 0 Å². The van der Waals surface area contributed by atoms with Gasteiger partial charge >= 0.3 is 0 Å². The Morgan fingerprint density at radius 1 is 1.16 bits per heavy atom. The van der Waals surface area contributed by atoms with Crippen molar-refractivity contribution in [2.45, 2.75) is 11.0 Å². The Kier molecular flexibility index (Phi) is 5.99. The number of morpholine rings is 1. The standard InChI is InChI=1S/C20H23N3O7S/c1-21(13-16-14-29-18-4-2-3-5-19(18)30-16)17-7-6-15(23(24)25)12-20(17)31(26,27)22-8-10-28-11-9-22/h2-7,12,16H,8-11,13-14H2,1H3. The van der Waals surface area contributed by atoms with Gasteiger partial charge in [0.2, 0.25) is 10.0 Å². The molecule has 2 heterocycles. The smallest absolute Gasteiger partial charge is 0.270 e. The Morgan fingerprint density at radius 3 is 2.58 bits per heavy atom. The number of hydrogen-bond donors (Lipinski definition) is 0. The quantitative estimate of drug-likeness (QED) is 0.486. The SMILES string of the molecule is CN(CC1COc2ccccc2O1)c1ccc([N+](=O)[O-])cc1S(=O)(=O)N1CCOCC1. The van der Waals surface area contributed by atoms with E-state index in [-0.39, 0.29) is 43.0 Å². The summed E-state index contributed by atoms with van der Waals surface area (Å²) in [5.74, 6) is 1.28. The summed E-state index contributed by atoms with van der Waals surface area (Å²) < 4.78 is 44.9. The minimum absolute atomic E-state index is 0.108. The van der Waals surface area contributed by atoms with E-state index in [0.717, 1.165) is 6.07 Å². The molecule has 166 valence electrons. The number of rotatable bonds is 6. The first-order valence-electron chi connectivity index (χ1n) is 9.82. The molecule has 2 aliphatic heterocycles. The van der Waals surface area contributed by atoms with E-state index in [1.165, 1.54) is 16.4 Å². The van der Waals surface area contributed by atoms with Crippen LogP contribution in [-0.2, 0) is 14.8 Å². The molecule has 1 atom stereocenters. The summed E-state index contributed by atoms with van der Waals surface area (Å²) >= 11 is 0. The van der Waals surface area contributed by atoms with Crippen molar-refractivity contribution in [3.63, 3.8) is 0 Å². The molecular formula is C20H23N3O7S. The Hall–Kier alpha value is -2.89. The third-order valence-electron chi connectivity index (χ3n) is 5.20. The molecule has 0 aliphatic carbocycles. The zero-order valence-corrected chi connectivity index (χ0v) is 17.8. The minimum Gasteiger partial charge on any atom is -0.486 e. The molecule has 4 rings (SSSR count). The molecule has 10 nitrogen and oxygen atoms in total. The highest BCUT2D eigenvalue weighted by molar-refractivity contribution is 7.89. The fourth-order valence-electron chi connectivity index (χ4n) is 3.62. The number of para-hydroxylation sites is 2. The molecule has 1 saturated heterocycles.